The van der Waals surface area contributed by atoms with E-state index in [1.165, 1.54) is 32.3 Å². The Hall–Kier alpha value is -8.35. The average Bonchev–Trinajstić information content (AvgIpc) is 3.70. The van der Waals surface area contributed by atoms with Crippen molar-refractivity contribution in [3.8, 4) is 17.2 Å². The fraction of sp³-hybridized carbons (Fsp3) is 0.0656. The van der Waals surface area contributed by atoms with Gasteiger partial charge in [-0.2, -0.15) is 0 Å². The maximum Gasteiger partial charge on any atom is 0.864 e. The van der Waals surface area contributed by atoms with Crippen LogP contribution in [0.4, 0.5) is 0 Å². The quantitative estimate of drug-likeness (QED) is 0.0910. The molecule has 0 N–H and O–H groups in total. The van der Waals surface area contributed by atoms with Crippen LogP contribution in [0.3, 0.4) is 0 Å². The zero-order valence-electron chi connectivity index (χ0n) is 37.5. The summed E-state index contributed by atoms with van der Waals surface area (Å²) < 4.78 is 23.3. The lowest BCUT2D eigenvalue weighted by atomic mass is 9.96. The number of nitrogens with zero attached hydrogens (tertiary/aromatic N) is 2. The second kappa shape index (κ2) is 16.6. The lowest BCUT2D eigenvalue weighted by molar-refractivity contribution is 0.312. The third-order valence-corrected chi connectivity index (χ3v) is 13.1. The number of rotatable bonds is 7. The summed E-state index contributed by atoms with van der Waals surface area (Å²) in [5.41, 5.74) is 1.11. The zero-order valence-corrected chi connectivity index (χ0v) is 37.5. The van der Waals surface area contributed by atoms with Gasteiger partial charge in [0.25, 0.3) is 0 Å². The second-order valence-corrected chi connectivity index (χ2v) is 17.4. The molecule has 67 heavy (non-hydrogen) atoms. The number of aryl methyl sites for hydroxylation is 3. The molecular weight excluding hydrogens is 819 g/mol. The SMILES string of the molecule is CCc1nc(C)cn1C.c1ccc2cc3c(ccc4cccc(OB(Oc5cccc6ccc7cc8ccccc8cc7c56)Oc5cccc6ccc7cc8ccccc8cc7c56)c43)cc2c1. The maximum absolute atomic E-state index is 7.07. The predicted octanol–water partition coefficient (Wildman–Crippen LogP) is 15.9. The van der Waals surface area contributed by atoms with E-state index in [0.29, 0.717) is 17.2 Å². The number of imidazole rings is 1. The lowest BCUT2D eigenvalue weighted by Gasteiger charge is -2.21. The maximum atomic E-state index is 7.07. The first-order chi connectivity index (χ1) is 32.9. The second-order valence-electron chi connectivity index (χ2n) is 17.4. The van der Waals surface area contributed by atoms with E-state index in [1.807, 2.05) is 56.6 Å². The molecule has 5 nitrogen and oxygen atoms in total. The minimum absolute atomic E-state index is 0.676. The first-order valence-corrected chi connectivity index (χ1v) is 23.0. The Balaban J connectivity index is 0.000000469. The summed E-state index contributed by atoms with van der Waals surface area (Å²) in [7, 11) is 0.864. The van der Waals surface area contributed by atoms with Crippen LogP contribution in [0.2, 0.25) is 0 Å². The minimum Gasteiger partial charge on any atom is -0.489 e. The van der Waals surface area contributed by atoms with Gasteiger partial charge < -0.3 is 18.5 Å². The third kappa shape index (κ3) is 7.37. The predicted molar refractivity (Wildman–Crippen MR) is 282 cm³/mol. The highest BCUT2D eigenvalue weighted by Gasteiger charge is 2.33. The van der Waals surface area contributed by atoms with Crippen molar-refractivity contribution in [3.63, 3.8) is 0 Å². The molecule has 13 rings (SSSR count). The first kappa shape index (κ1) is 40.2. The van der Waals surface area contributed by atoms with Gasteiger partial charge in [0.2, 0.25) is 0 Å². The number of hydrogen-bond acceptors (Lipinski definition) is 4. The summed E-state index contributed by atoms with van der Waals surface area (Å²) in [6.07, 6.45) is 3.06. The Morgan fingerprint density at radius 1 is 0.388 bits per heavy atom. The summed E-state index contributed by atoms with van der Waals surface area (Å²) in [5, 5.41) is 20.1. The highest BCUT2D eigenvalue weighted by Crippen LogP contribution is 2.40. The van der Waals surface area contributed by atoms with Crippen LogP contribution in [-0.4, -0.2) is 16.9 Å². The van der Waals surface area contributed by atoms with Gasteiger partial charge in [-0.15, -0.1) is 0 Å². The van der Waals surface area contributed by atoms with E-state index in [4.69, 9.17) is 14.0 Å². The van der Waals surface area contributed by atoms with Crippen LogP contribution in [0.5, 0.6) is 17.2 Å². The van der Waals surface area contributed by atoms with E-state index in [9.17, 15) is 0 Å². The molecule has 0 bridgehead atoms. The highest BCUT2D eigenvalue weighted by molar-refractivity contribution is 6.41. The number of fused-ring (bicyclic) bond motifs is 12. The molecule has 0 amide bonds. The van der Waals surface area contributed by atoms with Crippen molar-refractivity contribution in [2.24, 2.45) is 7.05 Å². The monoisotopic (exact) mass is 864 g/mol. The van der Waals surface area contributed by atoms with E-state index in [0.717, 1.165) is 82.6 Å². The highest BCUT2D eigenvalue weighted by atomic mass is 16.7. The summed E-state index contributed by atoms with van der Waals surface area (Å²) in [6, 6.07) is 70.6. The molecule has 0 saturated heterocycles. The van der Waals surface area contributed by atoms with Crippen LogP contribution in [0.25, 0.3) is 97.0 Å². The van der Waals surface area contributed by atoms with E-state index in [-0.39, 0.29) is 0 Å². The molecule has 0 fully saturated rings. The molecular formula is C61H45BN2O3. The number of aromatic nitrogens is 2. The van der Waals surface area contributed by atoms with E-state index < -0.39 is 7.32 Å². The summed E-state index contributed by atoms with van der Waals surface area (Å²) in [4.78, 5) is 4.29. The van der Waals surface area contributed by atoms with Gasteiger partial charge in [-0.3, -0.25) is 0 Å². The Morgan fingerprint density at radius 3 is 1.00 bits per heavy atom. The van der Waals surface area contributed by atoms with Crippen LogP contribution >= 0.6 is 0 Å². The van der Waals surface area contributed by atoms with Crippen molar-refractivity contribution in [1.29, 1.82) is 0 Å². The molecule has 1 heterocycles. The molecule has 6 heteroatoms. The molecule has 0 aliphatic rings. The smallest absolute Gasteiger partial charge is 0.489 e. The molecule has 0 atom stereocenters. The van der Waals surface area contributed by atoms with Crippen LogP contribution < -0.4 is 14.0 Å². The van der Waals surface area contributed by atoms with Crippen LogP contribution in [0.15, 0.2) is 206 Å². The molecule has 12 aromatic carbocycles. The van der Waals surface area contributed by atoms with Crippen molar-refractivity contribution in [2.45, 2.75) is 20.3 Å². The molecule has 1 aromatic heterocycles. The summed E-state index contributed by atoms with van der Waals surface area (Å²) in [5.74, 6) is 3.19. The van der Waals surface area contributed by atoms with Crippen LogP contribution in [0, 0.1) is 6.92 Å². The van der Waals surface area contributed by atoms with Gasteiger partial charge in [0.05, 0.1) is 5.69 Å². The van der Waals surface area contributed by atoms with Gasteiger partial charge in [0.15, 0.2) is 0 Å². The fourth-order valence-electron chi connectivity index (χ4n) is 9.97. The first-order valence-electron chi connectivity index (χ1n) is 23.0. The molecule has 0 aliphatic carbocycles. The van der Waals surface area contributed by atoms with Crippen molar-refractivity contribution >= 4 is 104 Å². The van der Waals surface area contributed by atoms with Gasteiger partial charge >= 0.3 is 7.32 Å². The average molecular weight is 865 g/mol. The topological polar surface area (TPSA) is 45.5 Å². The van der Waals surface area contributed by atoms with E-state index in [2.05, 4.69) is 180 Å². The largest absolute Gasteiger partial charge is 0.864 e. The van der Waals surface area contributed by atoms with Crippen molar-refractivity contribution in [2.75, 3.05) is 0 Å². The fourth-order valence-corrected chi connectivity index (χ4v) is 9.97. The Kier molecular flexibility index (Phi) is 9.94. The molecule has 320 valence electrons. The van der Waals surface area contributed by atoms with Crippen LogP contribution in [-0.2, 0) is 13.5 Å². The standard InChI is InChI=1S/C54H33BO3.C7H12N2/c1-4-13-40-31-46-43(28-37(40)10-1)25-22-34-16-7-19-49(52(34)46)56-55(57-50-20-8-17-35-23-26-44-29-38-11-2-5-14-41(38)32-47(44)53(35)50)58-51-21-9-18-36-24-27-45-30-39-12-3-6-15-42(39)33-48(45)54(36)51;1-4-7-8-6(2)5-9(7)3/h1-33H;5H,4H2,1-3H3. The van der Waals surface area contributed by atoms with Gasteiger partial charge in [-0.1, -0.05) is 153 Å². The number of hydrogen-bond donors (Lipinski definition) is 0. The van der Waals surface area contributed by atoms with Gasteiger partial charge in [-0.05, 0) is 142 Å². The van der Waals surface area contributed by atoms with Gasteiger partial charge in [0, 0.05) is 35.8 Å². The Labute approximate surface area is 388 Å². The third-order valence-electron chi connectivity index (χ3n) is 13.1. The molecule has 13 aromatic rings. The van der Waals surface area contributed by atoms with E-state index >= 15 is 0 Å². The van der Waals surface area contributed by atoms with Gasteiger partial charge in [-0.25, -0.2) is 4.98 Å². The van der Waals surface area contributed by atoms with E-state index in [1.54, 1.807) is 0 Å². The van der Waals surface area contributed by atoms with Crippen molar-refractivity contribution in [3.05, 3.63) is 218 Å². The number of benzene rings is 12. The van der Waals surface area contributed by atoms with Crippen LogP contribution in [0.1, 0.15) is 18.4 Å². The minimum atomic E-state index is -1.16. The zero-order chi connectivity index (χ0) is 45.0. The molecule has 0 radical (unpaired) electrons. The van der Waals surface area contributed by atoms with Crippen molar-refractivity contribution in [1.82, 2.24) is 9.55 Å². The lowest BCUT2D eigenvalue weighted by Crippen LogP contribution is -2.37. The Bertz CT molecular complexity index is 3680. The molecule has 0 spiro atoms. The molecule has 0 saturated carbocycles. The Morgan fingerprint density at radius 2 is 0.701 bits per heavy atom. The van der Waals surface area contributed by atoms with Crippen molar-refractivity contribution < 1.29 is 14.0 Å². The molecule has 0 unspecified atom stereocenters. The molecule has 0 aliphatic heterocycles. The summed E-state index contributed by atoms with van der Waals surface area (Å²) in [6.45, 7) is 4.13. The van der Waals surface area contributed by atoms with Gasteiger partial charge in [0.1, 0.15) is 23.1 Å². The normalized spacial score (nSPS) is 11.6. The summed E-state index contributed by atoms with van der Waals surface area (Å²) >= 11 is 0.